The topological polar surface area (TPSA) is 208 Å². The number of H-pyrrole nitrogens is 2. The SMILES string of the molecule is Cn1c(=O)c2c3cc4c(=O)n5c6ccc7c(=O)[nH]c(=O)c8ccc(nc5c5ccc9c%10ccc%11c%12c(cc(c2c1=O)c(c%10%12)c3c9c45)c(=O)n1c2ccc3c(=O)[nH]c(=O)c4ccc(nc%111)c2c43)c6c87. The highest BCUT2D eigenvalue weighted by molar-refractivity contribution is 6.49. The monoisotopic (exact) mass is 881 g/mol. The minimum absolute atomic E-state index is 0.111. The van der Waals surface area contributed by atoms with Crippen LogP contribution in [0.1, 0.15) is 0 Å². The van der Waals surface area contributed by atoms with Crippen molar-refractivity contribution >= 4 is 163 Å². The first-order valence-electron chi connectivity index (χ1n) is 21.6. The number of rotatable bonds is 0. The van der Waals surface area contributed by atoms with Gasteiger partial charge in [0.1, 0.15) is 11.3 Å². The summed E-state index contributed by atoms with van der Waals surface area (Å²) >= 11 is 0. The second-order valence-corrected chi connectivity index (χ2v) is 18.2. The fraction of sp³-hybridized carbons (Fsp3) is 0.0189. The zero-order chi connectivity index (χ0) is 45.4. The van der Waals surface area contributed by atoms with Gasteiger partial charge in [-0.15, -0.1) is 0 Å². The van der Waals surface area contributed by atoms with Gasteiger partial charge in [0.2, 0.25) is 0 Å². The number of aromatic nitrogens is 7. The summed E-state index contributed by atoms with van der Waals surface area (Å²) in [5.41, 5.74) is -1.66. The van der Waals surface area contributed by atoms with Crippen molar-refractivity contribution in [1.82, 2.24) is 33.3 Å². The summed E-state index contributed by atoms with van der Waals surface area (Å²) in [6.45, 7) is 0. The molecule has 15 nitrogen and oxygen atoms in total. The van der Waals surface area contributed by atoms with Crippen molar-refractivity contribution in [2.45, 2.75) is 0 Å². The van der Waals surface area contributed by atoms with Crippen molar-refractivity contribution in [2.24, 2.45) is 7.05 Å². The van der Waals surface area contributed by atoms with Gasteiger partial charge in [0.25, 0.3) is 44.5 Å². The van der Waals surface area contributed by atoms with Gasteiger partial charge in [-0.05, 0) is 116 Å². The number of hydrogen-bond acceptors (Lipinski definition) is 10. The van der Waals surface area contributed by atoms with Gasteiger partial charge in [0.15, 0.2) is 0 Å². The average Bonchev–Trinajstić information content (AvgIpc) is 3.57. The number of pyridine rings is 4. The lowest BCUT2D eigenvalue weighted by Crippen LogP contribution is -2.21. The predicted octanol–water partition coefficient (Wildman–Crippen LogP) is 6.07. The molecule has 0 aliphatic heterocycles. The lowest BCUT2D eigenvalue weighted by Gasteiger charge is -2.23. The predicted molar refractivity (Wildman–Crippen MR) is 265 cm³/mol. The van der Waals surface area contributed by atoms with Crippen LogP contribution in [0, 0.1) is 0 Å². The molecule has 15 heteroatoms. The maximum atomic E-state index is 15.4. The van der Waals surface area contributed by atoms with E-state index in [2.05, 4.69) is 9.97 Å². The molecule has 0 spiro atoms. The quantitative estimate of drug-likeness (QED) is 0.133. The largest absolute Gasteiger partial charge is 0.288 e. The number of hydrogen-bond donors (Lipinski definition) is 2. The smallest absolute Gasteiger partial charge is 0.264 e. The molecule has 0 bridgehead atoms. The van der Waals surface area contributed by atoms with Crippen LogP contribution in [0.3, 0.4) is 0 Å². The van der Waals surface area contributed by atoms with Crippen LogP contribution in [0.2, 0.25) is 0 Å². The molecular formula is C53H19N7O8. The third kappa shape index (κ3) is 3.41. The first kappa shape index (κ1) is 34.6. The molecule has 17 rings (SSSR count). The van der Waals surface area contributed by atoms with E-state index in [0.717, 1.165) is 15.3 Å². The molecule has 0 fully saturated rings. The molecule has 2 N–H and O–H groups in total. The van der Waals surface area contributed by atoms with Gasteiger partial charge in [-0.3, -0.25) is 61.7 Å². The number of nitrogens with one attached hydrogen (secondary N) is 2. The van der Waals surface area contributed by atoms with Crippen molar-refractivity contribution in [3.8, 4) is 0 Å². The van der Waals surface area contributed by atoms with E-state index in [-0.39, 0.29) is 43.1 Å². The third-order valence-electron chi connectivity index (χ3n) is 15.3. The molecule has 0 aliphatic rings. The highest BCUT2D eigenvalue weighted by atomic mass is 16.2. The Hall–Kier alpha value is -9.76. The van der Waals surface area contributed by atoms with Gasteiger partial charge < -0.3 is 0 Å². The Morgan fingerprint density at radius 3 is 1.07 bits per heavy atom. The minimum atomic E-state index is -0.559. The Kier molecular flexibility index (Phi) is 5.35. The van der Waals surface area contributed by atoms with Crippen LogP contribution < -0.4 is 44.5 Å². The van der Waals surface area contributed by atoms with E-state index in [4.69, 9.17) is 9.97 Å². The molecule has 0 aliphatic carbocycles. The summed E-state index contributed by atoms with van der Waals surface area (Å²) in [6, 6.07) is 24.4. The summed E-state index contributed by atoms with van der Waals surface area (Å²) in [4.78, 5) is 127. The molecule has 314 valence electrons. The number of fused-ring (bicyclic) bond motifs is 10. The maximum absolute atomic E-state index is 15.4. The normalized spacial score (nSPS) is 13.2. The first-order chi connectivity index (χ1) is 33.0. The molecule has 0 saturated carbocycles. The van der Waals surface area contributed by atoms with Crippen LogP contribution >= 0.6 is 0 Å². The van der Waals surface area contributed by atoms with Gasteiger partial charge in [-0.1, -0.05) is 12.1 Å². The van der Waals surface area contributed by atoms with E-state index in [1.165, 1.54) is 15.8 Å². The fourth-order valence-corrected chi connectivity index (χ4v) is 12.6. The average molecular weight is 882 g/mol. The number of aromatic amines is 2. The van der Waals surface area contributed by atoms with E-state index in [1.54, 1.807) is 60.7 Å². The van der Waals surface area contributed by atoms with Gasteiger partial charge in [-0.25, -0.2) is 9.97 Å². The summed E-state index contributed by atoms with van der Waals surface area (Å²) in [6.07, 6.45) is 0. The third-order valence-corrected chi connectivity index (χ3v) is 15.3. The van der Waals surface area contributed by atoms with Crippen LogP contribution in [0.5, 0.6) is 0 Å². The standard InChI is InChI=1S/C53H19N7O8/c1-58-52(67)40-24-14-26-32-18(44-54-28-10-6-20-34-22(48(63)56-46(20)61)8-12-30(42(28)34)59(44)50(26)65)4-2-16-17-3-5-19-33-27(15-25(41(40)53(58)68)39(37(17)33)38(24)36(16)32)51(66)60-31-13-9-23-35-21(47(62)57-49(23)64)7-11-29(43(31)35)55-45(19)60/h2-15H,1H3,(H,56,61,63)(H,57,62,64). The fourth-order valence-electron chi connectivity index (χ4n) is 12.6. The van der Waals surface area contributed by atoms with Crippen molar-refractivity contribution in [2.75, 3.05) is 0 Å². The molecule has 7 aromatic heterocycles. The number of benzene rings is 10. The zero-order valence-corrected chi connectivity index (χ0v) is 34.6. The molecule has 7 heterocycles. The van der Waals surface area contributed by atoms with E-state index in [1.807, 2.05) is 24.3 Å². The van der Waals surface area contributed by atoms with E-state index in [9.17, 15) is 28.8 Å². The van der Waals surface area contributed by atoms with E-state index in [0.29, 0.717) is 109 Å². The Morgan fingerprint density at radius 2 is 0.662 bits per heavy atom. The van der Waals surface area contributed by atoms with E-state index < -0.39 is 44.5 Å². The maximum Gasteiger partial charge on any atom is 0.264 e. The Balaban J connectivity index is 1.13. The molecule has 0 amide bonds. The first-order valence-corrected chi connectivity index (χ1v) is 21.6. The lowest BCUT2D eigenvalue weighted by atomic mass is 9.81. The Bertz CT molecular complexity index is 5480. The van der Waals surface area contributed by atoms with Gasteiger partial charge in [-0.2, -0.15) is 0 Å². The molecule has 68 heavy (non-hydrogen) atoms. The molecule has 0 radical (unpaired) electrons. The second-order valence-electron chi connectivity index (χ2n) is 18.2. The summed E-state index contributed by atoms with van der Waals surface area (Å²) in [5, 5.41) is 11.1. The Morgan fingerprint density at radius 1 is 0.324 bits per heavy atom. The lowest BCUT2D eigenvalue weighted by molar-refractivity contribution is 0.857. The van der Waals surface area contributed by atoms with Gasteiger partial charge in [0, 0.05) is 82.5 Å². The zero-order valence-electron chi connectivity index (χ0n) is 34.6. The highest BCUT2D eigenvalue weighted by Crippen LogP contribution is 2.51. The van der Waals surface area contributed by atoms with Crippen molar-refractivity contribution in [3.63, 3.8) is 0 Å². The van der Waals surface area contributed by atoms with Crippen molar-refractivity contribution < 1.29 is 0 Å². The summed E-state index contributed by atoms with van der Waals surface area (Å²) in [7, 11) is 1.41. The minimum Gasteiger partial charge on any atom is -0.288 e. The highest BCUT2D eigenvalue weighted by Gasteiger charge is 2.31. The van der Waals surface area contributed by atoms with Gasteiger partial charge >= 0.3 is 0 Å². The molecular weight excluding hydrogens is 863 g/mol. The van der Waals surface area contributed by atoms with Crippen LogP contribution in [-0.2, 0) is 7.05 Å². The van der Waals surface area contributed by atoms with Crippen LogP contribution in [0.25, 0.3) is 163 Å². The molecule has 0 unspecified atom stereocenters. The molecule has 0 atom stereocenters. The van der Waals surface area contributed by atoms with Gasteiger partial charge in [0.05, 0.1) is 32.8 Å². The van der Waals surface area contributed by atoms with Crippen LogP contribution in [0.15, 0.2) is 123 Å². The molecule has 17 aromatic rings. The molecule has 0 saturated heterocycles. The Labute approximate surface area is 369 Å². The van der Waals surface area contributed by atoms with Crippen molar-refractivity contribution in [1.29, 1.82) is 0 Å². The van der Waals surface area contributed by atoms with Crippen LogP contribution in [-0.4, -0.2) is 33.3 Å². The summed E-state index contributed by atoms with van der Waals surface area (Å²) < 4.78 is 4.05. The second kappa shape index (κ2) is 10.5. The number of nitrogens with zero attached hydrogens (tertiary/aromatic N) is 5. The van der Waals surface area contributed by atoms with E-state index >= 15 is 9.59 Å². The van der Waals surface area contributed by atoms with Crippen molar-refractivity contribution in [3.05, 3.63) is 168 Å². The van der Waals surface area contributed by atoms with Crippen LogP contribution in [0.4, 0.5) is 0 Å². The molecule has 10 aromatic carbocycles. The summed E-state index contributed by atoms with van der Waals surface area (Å²) in [5.74, 6) is 0.